The highest BCUT2D eigenvalue weighted by Gasteiger charge is 2.26. The molecule has 2 rings (SSSR count). The number of hydrogen-bond donors (Lipinski definition) is 1. The molecule has 0 aromatic heterocycles. The monoisotopic (exact) mass is 234 g/mol. The van der Waals surface area contributed by atoms with Gasteiger partial charge in [0.1, 0.15) is 17.7 Å². The summed E-state index contributed by atoms with van der Waals surface area (Å²) in [5.41, 5.74) is 1.31. The zero-order valence-corrected chi connectivity index (χ0v) is 9.96. The summed E-state index contributed by atoms with van der Waals surface area (Å²) in [5, 5.41) is 2.74. The summed E-state index contributed by atoms with van der Waals surface area (Å²) < 4.78 is 13.1. The van der Waals surface area contributed by atoms with Crippen molar-refractivity contribution in [3.8, 4) is 0 Å². The van der Waals surface area contributed by atoms with Gasteiger partial charge in [0, 0.05) is 5.56 Å². The fourth-order valence-electron chi connectivity index (χ4n) is 1.85. The van der Waals surface area contributed by atoms with E-state index in [0.717, 1.165) is 18.4 Å². The number of nitrogens with zero attached hydrogens (tertiary/aromatic N) is 1. The molecule has 4 heteroatoms. The molecule has 1 N–H and O–H groups in total. The molecule has 1 amide bonds. The van der Waals surface area contributed by atoms with Crippen molar-refractivity contribution in [2.24, 2.45) is 4.99 Å². The summed E-state index contributed by atoms with van der Waals surface area (Å²) >= 11 is 0. The first-order chi connectivity index (χ1) is 8.11. The van der Waals surface area contributed by atoms with E-state index in [1.807, 2.05) is 6.92 Å². The maximum Gasteiger partial charge on any atom is 0.250 e. The van der Waals surface area contributed by atoms with Crippen molar-refractivity contribution in [2.45, 2.75) is 32.7 Å². The molecular formula is C13H15FN2O. The number of hydrogen-bond acceptors (Lipinski definition) is 2. The maximum atomic E-state index is 13.1. The Labute approximate surface area is 99.8 Å². The van der Waals surface area contributed by atoms with E-state index < -0.39 is 0 Å². The molecule has 0 radical (unpaired) electrons. The van der Waals surface area contributed by atoms with Gasteiger partial charge in [-0.2, -0.15) is 0 Å². The Morgan fingerprint density at radius 2 is 2.24 bits per heavy atom. The average molecular weight is 234 g/mol. The lowest BCUT2D eigenvalue weighted by molar-refractivity contribution is -0.120. The van der Waals surface area contributed by atoms with Crippen molar-refractivity contribution in [2.75, 3.05) is 0 Å². The normalized spacial score (nSPS) is 19.1. The number of amidine groups is 1. The van der Waals surface area contributed by atoms with E-state index in [1.165, 1.54) is 6.07 Å². The van der Waals surface area contributed by atoms with Crippen LogP contribution in [0.5, 0.6) is 0 Å². The molecular weight excluding hydrogens is 219 g/mol. The second-order valence-corrected chi connectivity index (χ2v) is 4.24. The molecule has 1 aliphatic heterocycles. The number of aliphatic imine (C=N–C) groups is 1. The third kappa shape index (κ3) is 2.35. The first-order valence-corrected chi connectivity index (χ1v) is 5.77. The van der Waals surface area contributed by atoms with Crippen LogP contribution in [0.1, 0.15) is 30.9 Å². The van der Waals surface area contributed by atoms with Crippen LogP contribution >= 0.6 is 0 Å². The number of aryl methyl sites for hydroxylation is 1. The van der Waals surface area contributed by atoms with Gasteiger partial charge in [-0.25, -0.2) is 4.39 Å². The van der Waals surface area contributed by atoms with Crippen molar-refractivity contribution < 1.29 is 9.18 Å². The Morgan fingerprint density at radius 1 is 1.47 bits per heavy atom. The van der Waals surface area contributed by atoms with Crippen LogP contribution in [-0.4, -0.2) is 17.8 Å². The van der Waals surface area contributed by atoms with E-state index in [-0.39, 0.29) is 17.8 Å². The van der Waals surface area contributed by atoms with Gasteiger partial charge in [-0.15, -0.1) is 0 Å². The molecule has 3 nitrogen and oxygen atoms in total. The summed E-state index contributed by atoms with van der Waals surface area (Å²) in [4.78, 5) is 15.9. The van der Waals surface area contributed by atoms with Crippen molar-refractivity contribution in [1.82, 2.24) is 5.32 Å². The number of rotatable bonds is 3. The molecule has 0 spiro atoms. The van der Waals surface area contributed by atoms with Crippen LogP contribution in [0.2, 0.25) is 0 Å². The molecule has 0 bridgehead atoms. The Morgan fingerprint density at radius 3 is 2.88 bits per heavy atom. The molecule has 1 atom stereocenters. The van der Waals surface area contributed by atoms with Gasteiger partial charge in [-0.1, -0.05) is 13.3 Å². The number of halogens is 1. The summed E-state index contributed by atoms with van der Waals surface area (Å²) in [7, 11) is 0. The third-order valence-electron chi connectivity index (χ3n) is 2.82. The Kier molecular flexibility index (Phi) is 3.22. The van der Waals surface area contributed by atoms with Crippen LogP contribution in [0.15, 0.2) is 23.2 Å². The summed E-state index contributed by atoms with van der Waals surface area (Å²) in [5.74, 6) is 0.240. The smallest absolute Gasteiger partial charge is 0.250 e. The minimum Gasteiger partial charge on any atom is -0.309 e. The van der Waals surface area contributed by atoms with Crippen LogP contribution in [0, 0.1) is 12.7 Å². The van der Waals surface area contributed by atoms with E-state index in [2.05, 4.69) is 10.3 Å². The first-order valence-electron chi connectivity index (χ1n) is 5.77. The molecule has 90 valence electrons. The zero-order valence-electron chi connectivity index (χ0n) is 9.96. The molecule has 0 fully saturated rings. The Balaban J connectivity index is 2.26. The van der Waals surface area contributed by atoms with Crippen molar-refractivity contribution in [3.05, 3.63) is 35.1 Å². The lowest BCUT2D eigenvalue weighted by Crippen LogP contribution is -2.29. The maximum absolute atomic E-state index is 13.1. The highest BCUT2D eigenvalue weighted by Crippen LogP contribution is 2.14. The first kappa shape index (κ1) is 11.8. The Bertz CT molecular complexity index is 482. The number of carbonyl (C=O) groups is 1. The van der Waals surface area contributed by atoms with Crippen LogP contribution < -0.4 is 5.32 Å². The van der Waals surface area contributed by atoms with Crippen molar-refractivity contribution >= 4 is 11.7 Å². The number of benzene rings is 1. The predicted octanol–water partition coefficient (Wildman–Crippen LogP) is 2.18. The Hall–Kier alpha value is -1.71. The van der Waals surface area contributed by atoms with Gasteiger partial charge in [0.15, 0.2) is 0 Å². The number of nitrogens with one attached hydrogen (secondary N) is 1. The van der Waals surface area contributed by atoms with Gasteiger partial charge in [0.05, 0.1) is 0 Å². The van der Waals surface area contributed by atoms with E-state index in [9.17, 15) is 9.18 Å². The van der Waals surface area contributed by atoms with Crippen LogP contribution in [0.3, 0.4) is 0 Å². The molecule has 1 unspecified atom stereocenters. The quantitative estimate of drug-likeness (QED) is 0.855. The SMILES string of the molecule is CCCC1N=C(c2ccc(F)c(C)c2)NC1=O. The minimum absolute atomic E-state index is 0.0659. The molecule has 0 saturated heterocycles. The summed E-state index contributed by atoms with van der Waals surface area (Å²) in [6.45, 7) is 3.71. The van der Waals surface area contributed by atoms with Crippen molar-refractivity contribution in [1.29, 1.82) is 0 Å². The van der Waals surface area contributed by atoms with Crippen LogP contribution in [0.25, 0.3) is 0 Å². The predicted molar refractivity (Wildman–Crippen MR) is 64.5 cm³/mol. The van der Waals surface area contributed by atoms with Crippen LogP contribution in [0.4, 0.5) is 4.39 Å². The second-order valence-electron chi connectivity index (χ2n) is 4.24. The lowest BCUT2D eigenvalue weighted by Gasteiger charge is -2.02. The second kappa shape index (κ2) is 4.65. The minimum atomic E-state index is -0.291. The molecule has 1 aromatic rings. The molecule has 1 aliphatic rings. The standard InChI is InChI=1S/C13H15FN2O/c1-3-4-11-13(17)16-12(15-11)9-5-6-10(14)8(2)7-9/h5-7,11H,3-4H2,1-2H3,(H,15,16,17). The number of carbonyl (C=O) groups excluding carboxylic acids is 1. The van der Waals surface area contributed by atoms with Gasteiger partial charge < -0.3 is 5.32 Å². The molecule has 0 aliphatic carbocycles. The van der Waals surface area contributed by atoms with Gasteiger partial charge in [-0.05, 0) is 37.1 Å². The van der Waals surface area contributed by atoms with Gasteiger partial charge in [-0.3, -0.25) is 9.79 Å². The fourth-order valence-corrected chi connectivity index (χ4v) is 1.85. The van der Waals surface area contributed by atoms with E-state index >= 15 is 0 Å². The van der Waals surface area contributed by atoms with Gasteiger partial charge in [0.25, 0.3) is 0 Å². The summed E-state index contributed by atoms with van der Waals surface area (Å²) in [6.07, 6.45) is 1.66. The van der Waals surface area contributed by atoms with Crippen LogP contribution in [-0.2, 0) is 4.79 Å². The molecule has 1 aromatic carbocycles. The average Bonchev–Trinajstić information content (AvgIpc) is 2.65. The van der Waals surface area contributed by atoms with E-state index in [0.29, 0.717) is 11.4 Å². The van der Waals surface area contributed by atoms with Gasteiger partial charge >= 0.3 is 0 Å². The topological polar surface area (TPSA) is 41.5 Å². The largest absolute Gasteiger partial charge is 0.309 e. The third-order valence-corrected chi connectivity index (χ3v) is 2.82. The summed E-state index contributed by atoms with van der Waals surface area (Å²) in [6, 6.07) is 4.44. The van der Waals surface area contributed by atoms with Gasteiger partial charge in [0.2, 0.25) is 5.91 Å². The highest BCUT2D eigenvalue weighted by molar-refractivity contribution is 6.13. The molecule has 0 saturated carbocycles. The van der Waals surface area contributed by atoms with E-state index in [1.54, 1.807) is 19.1 Å². The van der Waals surface area contributed by atoms with Crippen molar-refractivity contribution in [3.63, 3.8) is 0 Å². The fraction of sp³-hybridized carbons (Fsp3) is 0.385. The lowest BCUT2D eigenvalue weighted by atomic mass is 10.1. The van der Waals surface area contributed by atoms with E-state index in [4.69, 9.17) is 0 Å². The highest BCUT2D eigenvalue weighted by atomic mass is 19.1. The number of amides is 1. The zero-order chi connectivity index (χ0) is 12.4. The molecule has 17 heavy (non-hydrogen) atoms. The molecule has 1 heterocycles.